The lowest BCUT2D eigenvalue weighted by Crippen LogP contribution is -2.09. The maximum Gasteiger partial charge on any atom is 0.229 e. The van der Waals surface area contributed by atoms with Crippen LogP contribution in [0.15, 0.2) is 18.6 Å². The Balaban J connectivity index is 2.44. The summed E-state index contributed by atoms with van der Waals surface area (Å²) in [6.07, 6.45) is 7.32. The van der Waals surface area contributed by atoms with Crippen molar-refractivity contribution < 1.29 is 4.79 Å². The van der Waals surface area contributed by atoms with Gasteiger partial charge in [0.05, 0.1) is 6.20 Å². The summed E-state index contributed by atoms with van der Waals surface area (Å²) in [6.45, 7) is 0. The number of carbonyl (C=O) groups is 1. The third-order valence-electron chi connectivity index (χ3n) is 1.50. The molecule has 2 heterocycles. The lowest BCUT2D eigenvalue weighted by atomic mass is 10.4. The number of hydrogen-bond donors (Lipinski definition) is 1. The molecule has 0 saturated carbocycles. The van der Waals surface area contributed by atoms with E-state index in [1.165, 1.54) is 0 Å². The summed E-state index contributed by atoms with van der Waals surface area (Å²) in [6, 6.07) is 0. The minimum atomic E-state index is 0.000463. The van der Waals surface area contributed by atoms with Gasteiger partial charge in [-0.3, -0.25) is 9.36 Å². The molecule has 0 spiro atoms. The summed E-state index contributed by atoms with van der Waals surface area (Å²) in [7, 11) is 0. The SMILES string of the molecule is O=C1CC=Cn2cncc2N1. The van der Waals surface area contributed by atoms with Gasteiger partial charge >= 0.3 is 0 Å². The summed E-state index contributed by atoms with van der Waals surface area (Å²) in [5.74, 6) is 0.726. The van der Waals surface area contributed by atoms with E-state index in [4.69, 9.17) is 0 Å². The maximum absolute atomic E-state index is 10.9. The molecule has 1 amide bonds. The Morgan fingerprint density at radius 1 is 1.64 bits per heavy atom. The number of nitrogens with one attached hydrogen (secondary N) is 1. The van der Waals surface area contributed by atoms with Crippen molar-refractivity contribution in [3.8, 4) is 0 Å². The Bertz CT molecular complexity index is 313. The summed E-state index contributed by atoms with van der Waals surface area (Å²) < 4.78 is 1.77. The Morgan fingerprint density at radius 2 is 2.55 bits per heavy atom. The maximum atomic E-state index is 10.9. The fraction of sp³-hybridized carbons (Fsp3) is 0.143. The highest BCUT2D eigenvalue weighted by Crippen LogP contribution is 2.10. The molecule has 0 fully saturated rings. The Kier molecular flexibility index (Phi) is 1.25. The number of carbonyl (C=O) groups excluding carboxylic acids is 1. The van der Waals surface area contributed by atoms with Gasteiger partial charge in [0.1, 0.15) is 12.1 Å². The summed E-state index contributed by atoms with van der Waals surface area (Å²) in [4.78, 5) is 14.8. The van der Waals surface area contributed by atoms with Gasteiger partial charge in [-0.2, -0.15) is 0 Å². The van der Waals surface area contributed by atoms with Crippen LogP contribution in [0.5, 0.6) is 0 Å². The van der Waals surface area contributed by atoms with Crippen LogP contribution in [-0.4, -0.2) is 15.5 Å². The molecule has 56 valence electrons. The van der Waals surface area contributed by atoms with Crippen LogP contribution >= 0.6 is 0 Å². The van der Waals surface area contributed by atoms with Crippen LogP contribution in [0.25, 0.3) is 6.20 Å². The molecular formula is C7H7N3O. The molecule has 0 saturated heterocycles. The van der Waals surface area contributed by atoms with Crippen LogP contribution in [0, 0.1) is 0 Å². The molecule has 0 unspecified atom stereocenters. The summed E-state index contributed by atoms with van der Waals surface area (Å²) in [5, 5.41) is 2.70. The van der Waals surface area contributed by atoms with Crippen LogP contribution in [0.3, 0.4) is 0 Å². The number of nitrogens with zero attached hydrogens (tertiary/aromatic N) is 2. The molecule has 0 aromatic carbocycles. The number of hydrogen-bond acceptors (Lipinski definition) is 2. The van der Waals surface area contributed by atoms with E-state index in [9.17, 15) is 4.79 Å². The molecule has 2 rings (SSSR count). The number of aromatic nitrogens is 2. The predicted molar refractivity (Wildman–Crippen MR) is 40.8 cm³/mol. The van der Waals surface area contributed by atoms with Gasteiger partial charge in [-0.05, 0) is 0 Å². The van der Waals surface area contributed by atoms with Crippen molar-refractivity contribution in [2.75, 3.05) is 5.32 Å². The molecule has 0 aliphatic carbocycles. The topological polar surface area (TPSA) is 46.9 Å². The van der Waals surface area contributed by atoms with Crippen LogP contribution in [0.4, 0.5) is 5.82 Å². The van der Waals surface area contributed by atoms with Crippen molar-refractivity contribution in [2.24, 2.45) is 0 Å². The van der Waals surface area contributed by atoms with Crippen molar-refractivity contribution in [1.29, 1.82) is 0 Å². The number of amides is 1. The van der Waals surface area contributed by atoms with Gasteiger partial charge in [0.25, 0.3) is 0 Å². The minimum Gasteiger partial charge on any atom is -0.310 e. The molecule has 11 heavy (non-hydrogen) atoms. The van der Waals surface area contributed by atoms with Gasteiger partial charge < -0.3 is 5.32 Å². The first-order chi connectivity index (χ1) is 5.36. The zero-order valence-corrected chi connectivity index (χ0v) is 5.82. The molecule has 1 aromatic rings. The standard InChI is InChI=1S/C7H7N3O/c11-7-2-1-3-10-5-8-4-6(10)9-7/h1,3-5H,2H2,(H,9,11). The van der Waals surface area contributed by atoms with Crippen LogP contribution in [0.1, 0.15) is 6.42 Å². The average Bonchev–Trinajstić information content (AvgIpc) is 2.31. The second-order valence-corrected chi connectivity index (χ2v) is 2.32. The van der Waals surface area contributed by atoms with Crippen LogP contribution in [-0.2, 0) is 4.79 Å². The Hall–Kier alpha value is -1.58. The molecule has 0 radical (unpaired) electrons. The molecule has 4 nitrogen and oxygen atoms in total. The van der Waals surface area contributed by atoms with Gasteiger partial charge in [-0.1, -0.05) is 6.08 Å². The zero-order chi connectivity index (χ0) is 7.68. The highest BCUT2D eigenvalue weighted by Gasteiger charge is 2.06. The first-order valence-electron chi connectivity index (χ1n) is 3.34. The largest absolute Gasteiger partial charge is 0.310 e. The van der Waals surface area contributed by atoms with E-state index in [-0.39, 0.29) is 5.91 Å². The molecule has 1 N–H and O–H groups in total. The summed E-state index contributed by atoms with van der Waals surface area (Å²) >= 11 is 0. The molecule has 0 bridgehead atoms. The van der Waals surface area contributed by atoms with Crippen molar-refractivity contribution in [3.05, 3.63) is 18.6 Å². The molecular weight excluding hydrogens is 142 g/mol. The first-order valence-corrected chi connectivity index (χ1v) is 3.34. The first kappa shape index (κ1) is 6.15. The van der Waals surface area contributed by atoms with E-state index in [0.717, 1.165) is 5.82 Å². The van der Waals surface area contributed by atoms with E-state index >= 15 is 0 Å². The predicted octanol–water partition coefficient (Wildman–Crippen LogP) is 0.696. The molecule has 1 aromatic heterocycles. The lowest BCUT2D eigenvalue weighted by Gasteiger charge is -1.98. The van der Waals surface area contributed by atoms with Gasteiger partial charge in [0.2, 0.25) is 5.91 Å². The highest BCUT2D eigenvalue weighted by molar-refractivity contribution is 5.92. The summed E-state index contributed by atoms with van der Waals surface area (Å²) in [5.41, 5.74) is 0. The van der Waals surface area contributed by atoms with E-state index < -0.39 is 0 Å². The fourth-order valence-corrected chi connectivity index (χ4v) is 0.987. The average molecular weight is 149 g/mol. The third kappa shape index (κ3) is 1.02. The van der Waals surface area contributed by atoms with E-state index in [0.29, 0.717) is 6.42 Å². The van der Waals surface area contributed by atoms with Gasteiger partial charge in [0, 0.05) is 12.6 Å². The number of fused-ring (bicyclic) bond motifs is 1. The number of anilines is 1. The van der Waals surface area contributed by atoms with Crippen molar-refractivity contribution >= 4 is 17.9 Å². The quantitative estimate of drug-likeness (QED) is 0.590. The number of imidazole rings is 1. The molecule has 1 aliphatic heterocycles. The Morgan fingerprint density at radius 3 is 3.45 bits per heavy atom. The van der Waals surface area contributed by atoms with E-state index in [2.05, 4.69) is 10.3 Å². The lowest BCUT2D eigenvalue weighted by molar-refractivity contribution is -0.115. The Labute approximate surface area is 63.5 Å². The van der Waals surface area contributed by atoms with E-state index in [1.54, 1.807) is 23.2 Å². The third-order valence-corrected chi connectivity index (χ3v) is 1.50. The molecule has 4 heteroatoms. The van der Waals surface area contributed by atoms with Crippen molar-refractivity contribution in [2.45, 2.75) is 6.42 Å². The second-order valence-electron chi connectivity index (χ2n) is 2.32. The van der Waals surface area contributed by atoms with Gasteiger partial charge in [-0.25, -0.2) is 4.98 Å². The normalized spacial score (nSPS) is 15.5. The highest BCUT2D eigenvalue weighted by atomic mass is 16.1. The minimum absolute atomic E-state index is 0.000463. The molecule has 0 atom stereocenters. The van der Waals surface area contributed by atoms with Crippen molar-refractivity contribution in [3.63, 3.8) is 0 Å². The number of rotatable bonds is 0. The molecule has 1 aliphatic rings. The monoisotopic (exact) mass is 149 g/mol. The van der Waals surface area contributed by atoms with Gasteiger partial charge in [-0.15, -0.1) is 0 Å². The zero-order valence-electron chi connectivity index (χ0n) is 5.82. The smallest absolute Gasteiger partial charge is 0.229 e. The fourth-order valence-electron chi connectivity index (χ4n) is 0.987. The van der Waals surface area contributed by atoms with Crippen LogP contribution in [0.2, 0.25) is 0 Å². The van der Waals surface area contributed by atoms with Crippen LogP contribution < -0.4 is 5.32 Å². The second kappa shape index (κ2) is 2.23. The van der Waals surface area contributed by atoms with E-state index in [1.807, 2.05) is 6.20 Å². The van der Waals surface area contributed by atoms with Gasteiger partial charge in [0.15, 0.2) is 0 Å². The van der Waals surface area contributed by atoms with Crippen molar-refractivity contribution in [1.82, 2.24) is 9.55 Å².